The van der Waals surface area contributed by atoms with E-state index in [1.165, 1.54) is 6.92 Å². The largest absolute Gasteiger partial charge is 0.384 e. The van der Waals surface area contributed by atoms with Gasteiger partial charge in [0.25, 0.3) is 5.91 Å². The highest BCUT2D eigenvalue weighted by Crippen LogP contribution is 2.18. The van der Waals surface area contributed by atoms with Gasteiger partial charge >= 0.3 is 0 Å². The zero-order valence-electron chi connectivity index (χ0n) is 7.53. The predicted molar refractivity (Wildman–Crippen MR) is 45.4 cm³/mol. The lowest BCUT2D eigenvalue weighted by Gasteiger charge is -2.41. The van der Waals surface area contributed by atoms with Crippen LogP contribution >= 0.6 is 0 Å². The van der Waals surface area contributed by atoms with Gasteiger partial charge in [0.15, 0.2) is 0 Å². The molecule has 1 rings (SSSR count). The van der Waals surface area contributed by atoms with Gasteiger partial charge in [0.2, 0.25) is 0 Å². The second-order valence-corrected chi connectivity index (χ2v) is 3.54. The van der Waals surface area contributed by atoms with Crippen molar-refractivity contribution in [1.82, 2.24) is 4.90 Å². The number of carbonyl (C=O) groups excluding carboxylic acids is 1. The zero-order chi connectivity index (χ0) is 9.30. The number of hydrogen-bond acceptors (Lipinski definition) is 3. The molecule has 1 saturated heterocycles. The molecule has 0 aromatic heterocycles. The van der Waals surface area contributed by atoms with Crippen LogP contribution in [0.1, 0.15) is 13.8 Å². The number of hydrogen-bond donors (Lipinski definition) is 2. The van der Waals surface area contributed by atoms with E-state index >= 15 is 0 Å². The van der Waals surface area contributed by atoms with E-state index in [2.05, 4.69) is 0 Å². The van der Waals surface area contributed by atoms with Gasteiger partial charge in [-0.1, -0.05) is 0 Å². The monoisotopic (exact) mass is 172 g/mol. The van der Waals surface area contributed by atoms with Gasteiger partial charge in [0.1, 0.15) is 6.10 Å². The molecule has 70 valence electrons. The van der Waals surface area contributed by atoms with Crippen LogP contribution in [0.5, 0.6) is 0 Å². The Bertz CT molecular complexity index is 174. The number of carbonyl (C=O) groups is 1. The number of aliphatic hydroxyl groups is 1. The van der Waals surface area contributed by atoms with Crippen molar-refractivity contribution in [1.29, 1.82) is 0 Å². The fourth-order valence-electron chi connectivity index (χ4n) is 1.29. The summed E-state index contributed by atoms with van der Waals surface area (Å²) in [6, 6.07) is 0.142. The van der Waals surface area contributed by atoms with Crippen LogP contribution in [0.2, 0.25) is 0 Å². The van der Waals surface area contributed by atoms with Crippen molar-refractivity contribution < 1.29 is 9.90 Å². The van der Waals surface area contributed by atoms with Gasteiger partial charge in [0.05, 0.1) is 0 Å². The Labute approximate surface area is 72.3 Å². The summed E-state index contributed by atoms with van der Waals surface area (Å²) in [7, 11) is 0. The van der Waals surface area contributed by atoms with Crippen LogP contribution in [-0.4, -0.2) is 41.1 Å². The first-order valence-corrected chi connectivity index (χ1v) is 4.24. The molecule has 0 radical (unpaired) electrons. The van der Waals surface area contributed by atoms with E-state index in [1.54, 1.807) is 4.90 Å². The van der Waals surface area contributed by atoms with E-state index in [4.69, 9.17) is 10.8 Å². The van der Waals surface area contributed by atoms with Crippen molar-refractivity contribution in [3.8, 4) is 0 Å². The minimum atomic E-state index is -0.876. The lowest BCUT2D eigenvalue weighted by atomic mass is 9.93. The molecule has 0 aromatic rings. The van der Waals surface area contributed by atoms with E-state index in [1.807, 2.05) is 6.92 Å². The molecular weight excluding hydrogens is 156 g/mol. The van der Waals surface area contributed by atoms with E-state index in [-0.39, 0.29) is 11.9 Å². The average Bonchev–Trinajstić information content (AvgIpc) is 1.82. The lowest BCUT2D eigenvalue weighted by Crippen LogP contribution is -2.57. The van der Waals surface area contributed by atoms with Crippen LogP contribution < -0.4 is 5.73 Å². The molecule has 1 fully saturated rings. The van der Waals surface area contributed by atoms with Gasteiger partial charge in [-0.2, -0.15) is 0 Å². The summed E-state index contributed by atoms with van der Waals surface area (Å²) in [5.74, 6) is 0.222. The standard InChI is InChI=1S/C8H16N2O2/c1-5(9)7-3-10(4-7)8(12)6(2)11/h5-7,11H,3-4,9H2,1-2H3/t5?,6-/m1/s1. The van der Waals surface area contributed by atoms with Crippen LogP contribution in [0.4, 0.5) is 0 Å². The Kier molecular flexibility index (Phi) is 2.69. The van der Waals surface area contributed by atoms with Gasteiger partial charge in [0, 0.05) is 25.0 Å². The molecule has 1 aliphatic rings. The SMILES string of the molecule is CC(N)C1CN(C(=O)[C@@H](C)O)C1. The van der Waals surface area contributed by atoms with Crippen molar-refractivity contribution in [2.75, 3.05) is 13.1 Å². The van der Waals surface area contributed by atoms with Crippen LogP contribution in [0.15, 0.2) is 0 Å². The number of rotatable bonds is 2. The van der Waals surface area contributed by atoms with E-state index in [9.17, 15) is 4.79 Å². The first kappa shape index (κ1) is 9.48. The van der Waals surface area contributed by atoms with Crippen molar-refractivity contribution in [3.05, 3.63) is 0 Å². The van der Waals surface area contributed by atoms with Crippen LogP contribution in [0.25, 0.3) is 0 Å². The number of amides is 1. The molecular formula is C8H16N2O2. The molecule has 4 heteroatoms. The van der Waals surface area contributed by atoms with Crippen LogP contribution in [0.3, 0.4) is 0 Å². The highest BCUT2D eigenvalue weighted by molar-refractivity contribution is 5.80. The summed E-state index contributed by atoms with van der Waals surface area (Å²) in [4.78, 5) is 12.8. The smallest absolute Gasteiger partial charge is 0.251 e. The molecule has 2 atom stereocenters. The lowest BCUT2D eigenvalue weighted by molar-refractivity contribution is -0.146. The number of nitrogens with zero attached hydrogens (tertiary/aromatic N) is 1. The number of nitrogens with two attached hydrogens (primary N) is 1. The first-order valence-electron chi connectivity index (χ1n) is 4.24. The maximum Gasteiger partial charge on any atom is 0.251 e. The van der Waals surface area contributed by atoms with Crippen molar-refractivity contribution >= 4 is 5.91 Å². The van der Waals surface area contributed by atoms with Crippen molar-refractivity contribution in [3.63, 3.8) is 0 Å². The van der Waals surface area contributed by atoms with Crippen LogP contribution in [-0.2, 0) is 4.79 Å². The Hall–Kier alpha value is -0.610. The Balaban J connectivity index is 2.30. The molecule has 1 heterocycles. The van der Waals surface area contributed by atoms with Gasteiger partial charge in [-0.25, -0.2) is 0 Å². The Morgan fingerprint density at radius 3 is 2.42 bits per heavy atom. The van der Waals surface area contributed by atoms with Gasteiger partial charge in [-0.3, -0.25) is 4.79 Å². The maximum absolute atomic E-state index is 11.1. The summed E-state index contributed by atoms with van der Waals surface area (Å²) >= 11 is 0. The third kappa shape index (κ3) is 1.76. The summed E-state index contributed by atoms with van der Waals surface area (Å²) in [6.07, 6.45) is -0.876. The molecule has 0 aliphatic carbocycles. The summed E-state index contributed by atoms with van der Waals surface area (Å²) in [5, 5.41) is 8.96. The predicted octanol–water partition coefficient (Wildman–Crippen LogP) is -0.827. The zero-order valence-corrected chi connectivity index (χ0v) is 7.53. The molecule has 0 aromatic carbocycles. The molecule has 4 nitrogen and oxygen atoms in total. The fraction of sp³-hybridized carbons (Fsp3) is 0.875. The molecule has 0 bridgehead atoms. The summed E-state index contributed by atoms with van der Waals surface area (Å²) in [5.41, 5.74) is 5.64. The van der Waals surface area contributed by atoms with Crippen molar-refractivity contribution in [2.45, 2.75) is 26.0 Å². The Morgan fingerprint density at radius 1 is 1.58 bits per heavy atom. The molecule has 12 heavy (non-hydrogen) atoms. The Morgan fingerprint density at radius 2 is 2.08 bits per heavy atom. The molecule has 0 saturated carbocycles. The second kappa shape index (κ2) is 3.41. The van der Waals surface area contributed by atoms with E-state index < -0.39 is 6.10 Å². The van der Waals surface area contributed by atoms with Crippen LogP contribution in [0, 0.1) is 5.92 Å². The van der Waals surface area contributed by atoms with E-state index in [0.717, 1.165) is 0 Å². The molecule has 1 aliphatic heterocycles. The average molecular weight is 172 g/mol. The second-order valence-electron chi connectivity index (χ2n) is 3.54. The fourth-order valence-corrected chi connectivity index (χ4v) is 1.29. The molecule has 3 N–H and O–H groups in total. The molecule has 1 unspecified atom stereocenters. The number of likely N-dealkylation sites (tertiary alicyclic amines) is 1. The first-order chi connectivity index (χ1) is 5.52. The topological polar surface area (TPSA) is 66.6 Å². The molecule has 0 spiro atoms. The highest BCUT2D eigenvalue weighted by Gasteiger charge is 2.33. The quantitative estimate of drug-likeness (QED) is 0.571. The third-order valence-corrected chi connectivity index (χ3v) is 2.32. The van der Waals surface area contributed by atoms with Gasteiger partial charge in [-0.05, 0) is 13.8 Å². The van der Waals surface area contributed by atoms with Gasteiger partial charge < -0.3 is 15.7 Å². The number of aliphatic hydroxyl groups excluding tert-OH is 1. The third-order valence-electron chi connectivity index (χ3n) is 2.32. The molecule has 1 amide bonds. The maximum atomic E-state index is 11.1. The minimum absolute atomic E-state index is 0.142. The minimum Gasteiger partial charge on any atom is -0.384 e. The summed E-state index contributed by atoms with van der Waals surface area (Å²) in [6.45, 7) is 4.82. The highest BCUT2D eigenvalue weighted by atomic mass is 16.3. The van der Waals surface area contributed by atoms with Gasteiger partial charge in [-0.15, -0.1) is 0 Å². The van der Waals surface area contributed by atoms with Crippen molar-refractivity contribution in [2.24, 2.45) is 11.7 Å². The summed E-state index contributed by atoms with van der Waals surface area (Å²) < 4.78 is 0. The van der Waals surface area contributed by atoms with E-state index in [0.29, 0.717) is 19.0 Å². The normalized spacial score (nSPS) is 23.2.